The average molecular weight is 189 g/mol. The van der Waals surface area contributed by atoms with Crippen LogP contribution < -0.4 is 0 Å². The van der Waals surface area contributed by atoms with Crippen molar-refractivity contribution in [3.63, 3.8) is 0 Å². The van der Waals surface area contributed by atoms with Gasteiger partial charge in [0.15, 0.2) is 0 Å². The highest BCUT2D eigenvalue weighted by molar-refractivity contribution is 7.80. The molecule has 0 aliphatic rings. The first-order valence-electron chi connectivity index (χ1n) is 4.99. The van der Waals surface area contributed by atoms with E-state index in [1.54, 1.807) is 0 Å². The third-order valence-electron chi connectivity index (χ3n) is 2.03. The number of hydrogen-bond donors (Lipinski definition) is 1. The van der Waals surface area contributed by atoms with Crippen molar-refractivity contribution < 1.29 is 0 Å². The zero-order valence-corrected chi connectivity index (χ0v) is 9.61. The second-order valence-corrected chi connectivity index (χ2v) is 4.47. The summed E-state index contributed by atoms with van der Waals surface area (Å²) in [5.41, 5.74) is 0. The first-order chi connectivity index (χ1) is 5.66. The molecule has 0 amide bonds. The standard InChI is InChI=1S/C10H23NS/c1-4-5-7-10(12)8-6-9-11(2)3/h10,12H,4-9H2,1-3H3. The highest BCUT2D eigenvalue weighted by atomic mass is 32.1. The second kappa shape index (κ2) is 7.93. The number of thiol groups is 1. The van der Waals surface area contributed by atoms with E-state index in [-0.39, 0.29) is 0 Å². The van der Waals surface area contributed by atoms with Gasteiger partial charge in [0.25, 0.3) is 0 Å². The summed E-state index contributed by atoms with van der Waals surface area (Å²) < 4.78 is 0. The van der Waals surface area contributed by atoms with Gasteiger partial charge in [-0.3, -0.25) is 0 Å². The number of nitrogens with zero attached hydrogens (tertiary/aromatic N) is 1. The normalized spacial score (nSPS) is 13.8. The SMILES string of the molecule is CCCCC(S)CCCN(C)C. The molecule has 12 heavy (non-hydrogen) atoms. The molecular formula is C10H23NS. The van der Waals surface area contributed by atoms with Crippen molar-refractivity contribution in [1.29, 1.82) is 0 Å². The van der Waals surface area contributed by atoms with Crippen LogP contribution in [0.25, 0.3) is 0 Å². The Morgan fingerprint density at radius 3 is 2.25 bits per heavy atom. The van der Waals surface area contributed by atoms with E-state index in [0.717, 1.165) is 0 Å². The van der Waals surface area contributed by atoms with Crippen molar-refractivity contribution in [2.75, 3.05) is 20.6 Å². The quantitative estimate of drug-likeness (QED) is 0.603. The maximum Gasteiger partial charge on any atom is 0.00172 e. The van der Waals surface area contributed by atoms with E-state index in [0.29, 0.717) is 5.25 Å². The van der Waals surface area contributed by atoms with Crippen molar-refractivity contribution >= 4 is 12.6 Å². The zero-order valence-electron chi connectivity index (χ0n) is 8.71. The molecule has 0 bridgehead atoms. The van der Waals surface area contributed by atoms with Crippen LogP contribution in [0.4, 0.5) is 0 Å². The molecule has 0 rings (SSSR count). The summed E-state index contributed by atoms with van der Waals surface area (Å²) in [4.78, 5) is 2.24. The topological polar surface area (TPSA) is 3.24 Å². The van der Waals surface area contributed by atoms with Crippen LogP contribution >= 0.6 is 12.6 Å². The van der Waals surface area contributed by atoms with E-state index in [9.17, 15) is 0 Å². The maximum absolute atomic E-state index is 4.55. The molecule has 0 saturated carbocycles. The van der Waals surface area contributed by atoms with Gasteiger partial charge in [0.2, 0.25) is 0 Å². The van der Waals surface area contributed by atoms with E-state index in [1.807, 2.05) is 0 Å². The van der Waals surface area contributed by atoms with Crippen LogP contribution in [0.1, 0.15) is 39.0 Å². The molecule has 74 valence electrons. The Morgan fingerprint density at radius 1 is 1.17 bits per heavy atom. The third-order valence-corrected chi connectivity index (χ3v) is 2.55. The van der Waals surface area contributed by atoms with Crippen LogP contribution in [0.5, 0.6) is 0 Å². The van der Waals surface area contributed by atoms with Crippen LogP contribution in [-0.2, 0) is 0 Å². The third kappa shape index (κ3) is 8.41. The molecule has 2 heteroatoms. The van der Waals surface area contributed by atoms with Crippen molar-refractivity contribution in [2.24, 2.45) is 0 Å². The molecular weight excluding hydrogens is 166 g/mol. The van der Waals surface area contributed by atoms with Gasteiger partial charge in [-0.1, -0.05) is 19.8 Å². The van der Waals surface area contributed by atoms with Crippen molar-refractivity contribution in [3.8, 4) is 0 Å². The minimum atomic E-state index is 0.630. The van der Waals surface area contributed by atoms with Gasteiger partial charge in [-0.25, -0.2) is 0 Å². The highest BCUT2D eigenvalue weighted by Gasteiger charge is 2.01. The summed E-state index contributed by atoms with van der Waals surface area (Å²) in [6.07, 6.45) is 6.46. The second-order valence-electron chi connectivity index (χ2n) is 3.74. The molecule has 0 N–H and O–H groups in total. The number of rotatable bonds is 7. The first kappa shape index (κ1) is 12.3. The maximum atomic E-state index is 4.55. The lowest BCUT2D eigenvalue weighted by Crippen LogP contribution is -2.14. The van der Waals surface area contributed by atoms with Gasteiger partial charge in [-0.15, -0.1) is 0 Å². The largest absolute Gasteiger partial charge is 0.309 e. The summed E-state index contributed by atoms with van der Waals surface area (Å²) in [6, 6.07) is 0. The monoisotopic (exact) mass is 189 g/mol. The Kier molecular flexibility index (Phi) is 8.14. The lowest BCUT2D eigenvalue weighted by molar-refractivity contribution is 0.391. The average Bonchev–Trinajstić information content (AvgIpc) is 2.00. The molecule has 1 nitrogen and oxygen atoms in total. The minimum Gasteiger partial charge on any atom is -0.309 e. The van der Waals surface area contributed by atoms with E-state index < -0.39 is 0 Å². The molecule has 0 saturated heterocycles. The Balaban J connectivity index is 3.13. The fourth-order valence-corrected chi connectivity index (χ4v) is 1.59. The molecule has 0 aliphatic carbocycles. The molecule has 1 unspecified atom stereocenters. The molecule has 0 radical (unpaired) electrons. The number of hydrogen-bond acceptors (Lipinski definition) is 2. The van der Waals surface area contributed by atoms with Crippen LogP contribution in [0, 0.1) is 0 Å². The Bertz CT molecular complexity index is 93.8. The Hall–Kier alpha value is 0.310. The molecule has 0 aromatic heterocycles. The summed E-state index contributed by atoms with van der Waals surface area (Å²) in [5, 5.41) is 0.630. The van der Waals surface area contributed by atoms with Gasteiger partial charge in [-0.2, -0.15) is 12.6 Å². The molecule has 0 aromatic rings. The van der Waals surface area contributed by atoms with E-state index >= 15 is 0 Å². The first-order valence-corrected chi connectivity index (χ1v) is 5.51. The van der Waals surface area contributed by atoms with Crippen molar-refractivity contribution in [2.45, 2.75) is 44.3 Å². The number of unbranched alkanes of at least 4 members (excludes halogenated alkanes) is 1. The molecule has 0 fully saturated rings. The van der Waals surface area contributed by atoms with Crippen LogP contribution in [0.2, 0.25) is 0 Å². The van der Waals surface area contributed by atoms with Gasteiger partial charge < -0.3 is 4.90 Å². The van der Waals surface area contributed by atoms with Gasteiger partial charge in [0.1, 0.15) is 0 Å². The molecule has 0 spiro atoms. The van der Waals surface area contributed by atoms with Gasteiger partial charge in [0.05, 0.1) is 0 Å². The molecule has 0 heterocycles. The zero-order chi connectivity index (χ0) is 9.40. The molecule has 0 aliphatic heterocycles. The summed E-state index contributed by atoms with van der Waals surface area (Å²) in [6.45, 7) is 3.43. The van der Waals surface area contributed by atoms with E-state index in [2.05, 4.69) is 38.5 Å². The predicted octanol–water partition coefficient (Wildman–Crippen LogP) is 2.82. The Labute approximate surface area is 82.9 Å². The summed E-state index contributed by atoms with van der Waals surface area (Å²) in [7, 11) is 4.25. The lowest BCUT2D eigenvalue weighted by atomic mass is 10.1. The fourth-order valence-electron chi connectivity index (χ4n) is 1.23. The van der Waals surface area contributed by atoms with Crippen LogP contribution in [0.15, 0.2) is 0 Å². The fraction of sp³-hybridized carbons (Fsp3) is 1.00. The summed E-state index contributed by atoms with van der Waals surface area (Å²) >= 11 is 4.55. The molecule has 1 atom stereocenters. The minimum absolute atomic E-state index is 0.630. The van der Waals surface area contributed by atoms with E-state index in [1.165, 1.54) is 38.6 Å². The van der Waals surface area contributed by atoms with Crippen LogP contribution in [0.3, 0.4) is 0 Å². The van der Waals surface area contributed by atoms with Crippen molar-refractivity contribution in [3.05, 3.63) is 0 Å². The van der Waals surface area contributed by atoms with Crippen molar-refractivity contribution in [1.82, 2.24) is 4.90 Å². The Morgan fingerprint density at radius 2 is 1.75 bits per heavy atom. The van der Waals surface area contributed by atoms with Gasteiger partial charge >= 0.3 is 0 Å². The van der Waals surface area contributed by atoms with E-state index in [4.69, 9.17) is 0 Å². The van der Waals surface area contributed by atoms with Gasteiger partial charge in [0, 0.05) is 5.25 Å². The lowest BCUT2D eigenvalue weighted by Gasteiger charge is -2.12. The van der Waals surface area contributed by atoms with Gasteiger partial charge in [-0.05, 0) is 39.9 Å². The van der Waals surface area contributed by atoms with Crippen LogP contribution in [-0.4, -0.2) is 30.8 Å². The highest BCUT2D eigenvalue weighted by Crippen LogP contribution is 2.12. The predicted molar refractivity (Wildman–Crippen MR) is 60.1 cm³/mol. The molecule has 0 aromatic carbocycles. The smallest absolute Gasteiger partial charge is 0.00172 e. The summed E-state index contributed by atoms with van der Waals surface area (Å²) in [5.74, 6) is 0.